The average molecular weight is 831 g/mol. The van der Waals surface area contributed by atoms with E-state index in [2.05, 4.69) is 9.98 Å². The number of rotatable bonds is 4. The molecule has 0 saturated carbocycles. The van der Waals surface area contributed by atoms with Crippen molar-refractivity contribution in [3.8, 4) is 33.8 Å². The monoisotopic (exact) mass is 830 g/mol. The Labute approximate surface area is 344 Å². The Morgan fingerprint density at radius 3 is 1.30 bits per heavy atom. The first-order valence-electron chi connectivity index (χ1n) is 20.1. The SMILES string of the molecule is CN1O[C@@]2(C[C@@H]([C@H]3CCCOC3)Oc3ccc(-c4cc(F)cc(F)c4)cc32)N=C1N.CN1O[C@]2(C[C@@H]([C@H]3CCCOC3)Oc3ccc(-c4cc(F)cc(F)c4)cc32)N=C1N. The van der Waals surface area contributed by atoms with E-state index in [0.29, 0.717) is 70.9 Å². The van der Waals surface area contributed by atoms with Crippen LogP contribution in [0.25, 0.3) is 22.3 Å². The summed E-state index contributed by atoms with van der Waals surface area (Å²) >= 11 is 0. The molecule has 6 aliphatic heterocycles. The number of hydrogen-bond donors (Lipinski definition) is 2. The van der Waals surface area contributed by atoms with Gasteiger partial charge in [0.05, 0.1) is 24.3 Å². The molecule has 316 valence electrons. The summed E-state index contributed by atoms with van der Waals surface area (Å²) in [6.07, 6.45) is 4.65. The fraction of sp³-hybridized carbons (Fsp3) is 0.409. The molecule has 16 heteroatoms. The molecule has 10 rings (SSSR count). The van der Waals surface area contributed by atoms with Gasteiger partial charge in [0.15, 0.2) is 0 Å². The molecule has 0 unspecified atom stereocenters. The predicted molar refractivity (Wildman–Crippen MR) is 213 cm³/mol. The van der Waals surface area contributed by atoms with Gasteiger partial charge in [0.25, 0.3) is 0 Å². The summed E-state index contributed by atoms with van der Waals surface area (Å²) in [6.45, 7) is 2.79. The maximum Gasteiger partial charge on any atom is 0.221 e. The largest absolute Gasteiger partial charge is 0.489 e. The van der Waals surface area contributed by atoms with Crippen molar-refractivity contribution in [2.24, 2.45) is 33.3 Å². The Morgan fingerprint density at radius 2 is 0.967 bits per heavy atom. The van der Waals surface area contributed by atoms with E-state index in [9.17, 15) is 17.6 Å². The van der Waals surface area contributed by atoms with Gasteiger partial charge >= 0.3 is 0 Å². The van der Waals surface area contributed by atoms with Crippen LogP contribution in [0.3, 0.4) is 0 Å². The predicted octanol–water partition coefficient (Wildman–Crippen LogP) is 7.11. The molecule has 0 amide bonds. The van der Waals surface area contributed by atoms with Crippen LogP contribution in [-0.2, 0) is 30.6 Å². The van der Waals surface area contributed by atoms with Crippen molar-refractivity contribution in [1.82, 2.24) is 10.1 Å². The van der Waals surface area contributed by atoms with Gasteiger partial charge in [-0.15, -0.1) is 0 Å². The third kappa shape index (κ3) is 7.72. The lowest BCUT2D eigenvalue weighted by molar-refractivity contribution is -0.197. The maximum atomic E-state index is 13.8. The van der Waals surface area contributed by atoms with Gasteiger partial charge in [-0.3, -0.25) is 0 Å². The summed E-state index contributed by atoms with van der Waals surface area (Å²) in [4.78, 5) is 21.5. The van der Waals surface area contributed by atoms with Gasteiger partial charge in [-0.1, -0.05) is 12.1 Å². The third-order valence-corrected chi connectivity index (χ3v) is 12.0. The molecule has 4 aromatic carbocycles. The highest BCUT2D eigenvalue weighted by Gasteiger charge is 2.52. The minimum absolute atomic E-state index is 0.140. The van der Waals surface area contributed by atoms with Crippen LogP contribution in [0.2, 0.25) is 0 Å². The van der Waals surface area contributed by atoms with Gasteiger partial charge in [-0.2, -0.15) is 0 Å². The lowest BCUT2D eigenvalue weighted by atomic mass is 9.84. The number of guanidine groups is 2. The van der Waals surface area contributed by atoms with E-state index in [-0.39, 0.29) is 36.0 Å². The van der Waals surface area contributed by atoms with Crippen molar-refractivity contribution in [2.45, 2.75) is 62.2 Å². The summed E-state index contributed by atoms with van der Waals surface area (Å²) in [6, 6.07) is 17.7. The van der Waals surface area contributed by atoms with Crippen LogP contribution in [0.1, 0.15) is 49.7 Å². The second-order valence-electron chi connectivity index (χ2n) is 16.1. The molecule has 0 radical (unpaired) electrons. The topological polar surface area (TPSA) is 139 Å². The summed E-state index contributed by atoms with van der Waals surface area (Å²) in [5.41, 5.74) is 13.5. The van der Waals surface area contributed by atoms with E-state index >= 15 is 0 Å². The van der Waals surface area contributed by atoms with Gasteiger partial charge in [0.2, 0.25) is 23.4 Å². The molecule has 0 aromatic heterocycles. The van der Waals surface area contributed by atoms with Gasteiger partial charge in [-0.05, 0) is 96.5 Å². The van der Waals surface area contributed by atoms with Crippen LogP contribution in [0.15, 0.2) is 82.8 Å². The molecule has 6 atom stereocenters. The molecule has 0 aliphatic carbocycles. The number of ether oxygens (including phenoxy) is 4. The highest BCUT2D eigenvalue weighted by atomic mass is 19.1. The molecular formula is C44H46F4N6O6. The zero-order valence-electron chi connectivity index (χ0n) is 33.2. The molecule has 60 heavy (non-hydrogen) atoms. The molecule has 2 fully saturated rings. The molecule has 4 aromatic rings. The van der Waals surface area contributed by atoms with Crippen LogP contribution in [0, 0.1) is 35.1 Å². The fourth-order valence-electron chi connectivity index (χ4n) is 8.98. The summed E-state index contributed by atoms with van der Waals surface area (Å²) in [7, 11) is 3.40. The quantitative estimate of drug-likeness (QED) is 0.205. The molecule has 2 spiro atoms. The van der Waals surface area contributed by atoms with Crippen LogP contribution in [0.4, 0.5) is 17.6 Å². The number of hydroxylamine groups is 4. The number of nitrogens with two attached hydrogens (primary N) is 2. The number of fused-ring (bicyclic) bond motifs is 4. The van der Waals surface area contributed by atoms with Crippen molar-refractivity contribution in [1.29, 1.82) is 0 Å². The van der Waals surface area contributed by atoms with E-state index in [1.54, 1.807) is 38.4 Å². The zero-order chi connectivity index (χ0) is 41.8. The minimum atomic E-state index is -1.05. The number of aliphatic imine (C=N–C) groups is 2. The number of hydrogen-bond acceptors (Lipinski definition) is 12. The fourth-order valence-corrected chi connectivity index (χ4v) is 8.98. The molecule has 0 bridgehead atoms. The lowest BCUT2D eigenvalue weighted by Gasteiger charge is -2.41. The normalized spacial score (nSPS) is 28.2. The second-order valence-corrected chi connectivity index (χ2v) is 16.1. The highest BCUT2D eigenvalue weighted by Crippen LogP contribution is 2.50. The Balaban J connectivity index is 0.000000154. The van der Waals surface area contributed by atoms with Crippen LogP contribution in [0.5, 0.6) is 11.5 Å². The van der Waals surface area contributed by atoms with E-state index in [4.69, 9.17) is 40.1 Å². The van der Waals surface area contributed by atoms with Crippen LogP contribution >= 0.6 is 0 Å². The molecular weight excluding hydrogens is 785 g/mol. The van der Waals surface area contributed by atoms with Crippen LogP contribution < -0.4 is 20.9 Å². The van der Waals surface area contributed by atoms with Crippen LogP contribution in [-0.4, -0.2) is 74.8 Å². The Bertz CT molecular complexity index is 2140. The first-order chi connectivity index (χ1) is 28.9. The smallest absolute Gasteiger partial charge is 0.221 e. The molecule has 4 N–H and O–H groups in total. The maximum absolute atomic E-state index is 13.8. The Kier molecular flexibility index (Phi) is 10.6. The van der Waals surface area contributed by atoms with E-state index in [0.717, 1.165) is 51.0 Å². The van der Waals surface area contributed by atoms with Crippen molar-refractivity contribution in [2.75, 3.05) is 40.5 Å². The molecule has 6 aliphatic rings. The Hall–Kier alpha value is -5.42. The molecule has 12 nitrogen and oxygen atoms in total. The first kappa shape index (κ1) is 40.0. The zero-order valence-corrected chi connectivity index (χ0v) is 33.2. The van der Waals surface area contributed by atoms with Crippen molar-refractivity contribution < 1.29 is 46.2 Å². The number of halogens is 4. The van der Waals surface area contributed by atoms with E-state index < -0.39 is 34.7 Å². The van der Waals surface area contributed by atoms with Gasteiger partial charge in [0.1, 0.15) is 47.0 Å². The average Bonchev–Trinajstić information content (AvgIpc) is 3.68. The standard InChI is InChI=1S/2C22H23F2N3O3/c2*1-27-21(25)26-22(30-27)11-20(14-3-2-6-28-12-14)29-19-5-4-13(9-18(19)22)15-7-16(23)10-17(24)8-15/h2*4-5,7-10,14,20H,2-3,6,11-12H2,1H3,(H2,25,26)/t14-,20-,22+;14-,20-,22-/m00/s1. The molecule has 2 saturated heterocycles. The van der Waals surface area contributed by atoms with Crippen molar-refractivity contribution in [3.05, 3.63) is 107 Å². The van der Waals surface area contributed by atoms with Crippen molar-refractivity contribution in [3.63, 3.8) is 0 Å². The first-order valence-corrected chi connectivity index (χ1v) is 20.1. The third-order valence-electron chi connectivity index (χ3n) is 12.0. The Morgan fingerprint density at radius 1 is 0.567 bits per heavy atom. The van der Waals surface area contributed by atoms with Crippen molar-refractivity contribution >= 4 is 11.9 Å². The van der Waals surface area contributed by atoms with Gasteiger partial charge in [-0.25, -0.2) is 47.3 Å². The number of nitrogens with zero attached hydrogens (tertiary/aromatic N) is 4. The number of benzene rings is 4. The van der Waals surface area contributed by atoms with Gasteiger partial charge in [0, 0.05) is 64.1 Å². The minimum Gasteiger partial charge on any atom is -0.489 e. The van der Waals surface area contributed by atoms with E-state index in [1.165, 1.54) is 34.4 Å². The second kappa shape index (κ2) is 15.9. The summed E-state index contributed by atoms with van der Waals surface area (Å²) in [5.74, 6) is -0.287. The summed E-state index contributed by atoms with van der Waals surface area (Å²) in [5, 5.41) is 2.89. The van der Waals surface area contributed by atoms with E-state index in [1.807, 2.05) is 12.1 Å². The highest BCUT2D eigenvalue weighted by molar-refractivity contribution is 5.80. The molecule has 6 heterocycles. The lowest BCUT2D eigenvalue weighted by Crippen LogP contribution is -2.44. The van der Waals surface area contributed by atoms with Gasteiger partial charge < -0.3 is 30.4 Å². The summed E-state index contributed by atoms with van der Waals surface area (Å²) < 4.78 is 79.0.